The van der Waals surface area contributed by atoms with E-state index < -0.39 is 6.04 Å². The number of para-hydroxylation sites is 1. The van der Waals surface area contributed by atoms with Gasteiger partial charge in [0, 0.05) is 38.3 Å². The van der Waals surface area contributed by atoms with Gasteiger partial charge in [-0.15, -0.1) is 5.10 Å². The summed E-state index contributed by atoms with van der Waals surface area (Å²) in [4.78, 5) is 33.3. The number of hydrogen-bond donors (Lipinski definition) is 1. The van der Waals surface area contributed by atoms with Gasteiger partial charge in [0.1, 0.15) is 6.04 Å². The van der Waals surface area contributed by atoms with E-state index in [4.69, 9.17) is 9.15 Å². The maximum Gasteiger partial charge on any atom is 0.289 e. The van der Waals surface area contributed by atoms with Crippen LogP contribution in [0.4, 0.5) is 0 Å². The summed E-state index contributed by atoms with van der Waals surface area (Å²) >= 11 is 0. The minimum Gasteiger partial charge on any atom is -0.459 e. The Balaban J connectivity index is 1.35. The van der Waals surface area contributed by atoms with Crippen molar-refractivity contribution >= 4 is 16.8 Å². The Bertz CT molecular complexity index is 1450. The van der Waals surface area contributed by atoms with E-state index in [1.54, 1.807) is 21.7 Å². The van der Waals surface area contributed by atoms with Crippen LogP contribution in [0.25, 0.3) is 10.9 Å². The molecule has 0 unspecified atom stereocenters. The van der Waals surface area contributed by atoms with Crippen molar-refractivity contribution in [2.75, 3.05) is 32.8 Å². The number of ether oxygens (including phenoxy) is 1. The molecule has 1 aromatic carbocycles. The Morgan fingerprint density at radius 2 is 2.05 bits per heavy atom. The monoisotopic (exact) mass is 503 g/mol. The first-order valence-electron chi connectivity index (χ1n) is 12.7. The lowest BCUT2D eigenvalue weighted by Crippen LogP contribution is -2.50. The molecule has 0 radical (unpaired) electrons. The fourth-order valence-corrected chi connectivity index (χ4v) is 5.36. The molecule has 5 heterocycles. The molecule has 11 heteroatoms. The summed E-state index contributed by atoms with van der Waals surface area (Å²) in [7, 11) is 0. The summed E-state index contributed by atoms with van der Waals surface area (Å²) in [5.41, 5.74) is 2.23. The van der Waals surface area contributed by atoms with Crippen LogP contribution in [-0.2, 0) is 11.3 Å². The SMILES string of the molecule is Cc1cccc2cc([C@H](c3nnnn3C[C@@H]3CCCO3)N3CCN(C(=O)c4ccco4)CC3)c(=O)[nH]c12. The van der Waals surface area contributed by atoms with Gasteiger partial charge >= 0.3 is 0 Å². The van der Waals surface area contributed by atoms with Crippen molar-refractivity contribution in [2.45, 2.75) is 38.5 Å². The van der Waals surface area contributed by atoms with Gasteiger partial charge in [0.25, 0.3) is 11.5 Å². The second-order valence-electron chi connectivity index (χ2n) is 9.66. The number of fused-ring (bicyclic) bond motifs is 1. The van der Waals surface area contributed by atoms with Gasteiger partial charge in [0.05, 0.1) is 24.4 Å². The number of amides is 1. The van der Waals surface area contributed by atoms with E-state index in [1.165, 1.54) is 6.26 Å². The number of aromatic nitrogens is 5. The maximum absolute atomic E-state index is 13.5. The molecule has 0 bridgehead atoms. The summed E-state index contributed by atoms with van der Waals surface area (Å²) in [6.45, 7) is 5.33. The van der Waals surface area contributed by atoms with Crippen LogP contribution in [0.2, 0.25) is 0 Å². The molecule has 1 N–H and O–H groups in total. The number of hydrogen-bond acceptors (Lipinski definition) is 8. The minimum atomic E-state index is -0.481. The first kappa shape index (κ1) is 23.6. The molecule has 37 heavy (non-hydrogen) atoms. The van der Waals surface area contributed by atoms with Gasteiger partial charge in [-0.1, -0.05) is 18.2 Å². The molecule has 4 aromatic rings. The third kappa shape index (κ3) is 4.56. The first-order chi connectivity index (χ1) is 18.1. The topological polar surface area (TPSA) is 122 Å². The Labute approximate surface area is 213 Å². The molecule has 2 fully saturated rings. The number of pyridine rings is 1. The van der Waals surface area contributed by atoms with Gasteiger partial charge in [-0.05, 0) is 59.3 Å². The van der Waals surface area contributed by atoms with Crippen molar-refractivity contribution in [3.63, 3.8) is 0 Å². The smallest absolute Gasteiger partial charge is 0.289 e. The van der Waals surface area contributed by atoms with Gasteiger partial charge in [0.2, 0.25) is 0 Å². The zero-order chi connectivity index (χ0) is 25.4. The molecular weight excluding hydrogens is 474 g/mol. The van der Waals surface area contributed by atoms with Crippen LogP contribution in [0.3, 0.4) is 0 Å². The zero-order valence-corrected chi connectivity index (χ0v) is 20.7. The highest BCUT2D eigenvalue weighted by Crippen LogP contribution is 2.29. The summed E-state index contributed by atoms with van der Waals surface area (Å²) in [5, 5.41) is 13.6. The van der Waals surface area contributed by atoms with Crippen molar-refractivity contribution in [1.82, 2.24) is 35.0 Å². The molecule has 0 aliphatic carbocycles. The van der Waals surface area contributed by atoms with Gasteiger partial charge in [-0.2, -0.15) is 0 Å². The largest absolute Gasteiger partial charge is 0.459 e. The van der Waals surface area contributed by atoms with Gasteiger partial charge < -0.3 is 19.0 Å². The molecule has 2 aliphatic heterocycles. The lowest BCUT2D eigenvalue weighted by molar-refractivity contribution is 0.0550. The Morgan fingerprint density at radius 1 is 1.19 bits per heavy atom. The van der Waals surface area contributed by atoms with E-state index >= 15 is 0 Å². The normalized spacial score (nSPS) is 19.5. The fraction of sp³-hybridized carbons (Fsp3) is 0.423. The van der Waals surface area contributed by atoms with E-state index in [-0.39, 0.29) is 17.6 Å². The predicted octanol–water partition coefficient (Wildman–Crippen LogP) is 2.14. The van der Waals surface area contributed by atoms with Crippen LogP contribution in [0, 0.1) is 6.92 Å². The Kier molecular flexibility index (Phi) is 6.31. The molecule has 192 valence electrons. The molecule has 0 saturated carbocycles. The number of nitrogens with zero attached hydrogens (tertiary/aromatic N) is 6. The number of carbonyl (C=O) groups is 1. The van der Waals surface area contributed by atoms with E-state index in [1.807, 2.05) is 31.2 Å². The second-order valence-corrected chi connectivity index (χ2v) is 9.66. The molecule has 2 saturated heterocycles. The van der Waals surface area contributed by atoms with Crippen molar-refractivity contribution in [3.8, 4) is 0 Å². The highest BCUT2D eigenvalue weighted by atomic mass is 16.5. The standard InChI is InChI=1S/C26H29N7O4/c1-17-5-2-6-18-15-20(25(34)27-22(17)18)23(24-28-29-30-33(24)16-19-7-3-13-36-19)31-9-11-32(12-10-31)26(35)21-8-4-14-37-21/h2,4-6,8,14-15,19,23H,3,7,9-13,16H2,1H3,(H,27,34)/t19-,23+/m0/s1. The van der Waals surface area contributed by atoms with Crippen molar-refractivity contribution in [1.29, 1.82) is 0 Å². The zero-order valence-electron chi connectivity index (χ0n) is 20.7. The number of rotatable bonds is 6. The molecule has 2 aliphatic rings. The molecule has 0 spiro atoms. The molecule has 1 amide bonds. The third-order valence-corrected chi connectivity index (χ3v) is 7.31. The fourth-order valence-electron chi connectivity index (χ4n) is 5.36. The van der Waals surface area contributed by atoms with Crippen molar-refractivity contribution < 1.29 is 13.9 Å². The highest BCUT2D eigenvalue weighted by Gasteiger charge is 2.34. The van der Waals surface area contributed by atoms with Gasteiger partial charge in [-0.25, -0.2) is 4.68 Å². The number of piperazine rings is 1. The summed E-state index contributed by atoms with van der Waals surface area (Å²) < 4.78 is 12.9. The van der Waals surface area contributed by atoms with Gasteiger partial charge in [0.15, 0.2) is 11.6 Å². The Hall–Kier alpha value is -3.83. The number of H-pyrrole nitrogens is 1. The maximum atomic E-state index is 13.5. The van der Waals surface area contributed by atoms with Gasteiger partial charge in [-0.3, -0.25) is 14.5 Å². The number of furan rings is 1. The minimum absolute atomic E-state index is 0.0446. The molecule has 11 nitrogen and oxygen atoms in total. The average Bonchev–Trinajstić information content (AvgIpc) is 3.70. The predicted molar refractivity (Wildman–Crippen MR) is 134 cm³/mol. The van der Waals surface area contributed by atoms with Crippen LogP contribution in [0.5, 0.6) is 0 Å². The van der Waals surface area contributed by atoms with Crippen LogP contribution in [-0.4, -0.2) is 79.8 Å². The molecule has 3 aromatic heterocycles. The quantitative estimate of drug-likeness (QED) is 0.425. The van der Waals surface area contributed by atoms with Crippen LogP contribution in [0.15, 0.2) is 51.9 Å². The molecule has 2 atom stereocenters. The summed E-state index contributed by atoms with van der Waals surface area (Å²) in [6.07, 6.45) is 3.51. The van der Waals surface area contributed by atoms with E-state index in [9.17, 15) is 9.59 Å². The number of tetrazole rings is 1. The highest BCUT2D eigenvalue weighted by molar-refractivity contribution is 5.91. The number of aryl methyl sites for hydroxylation is 1. The third-order valence-electron chi connectivity index (χ3n) is 7.31. The van der Waals surface area contributed by atoms with Crippen molar-refractivity contribution in [3.05, 3.63) is 75.7 Å². The Morgan fingerprint density at radius 3 is 2.81 bits per heavy atom. The number of benzene rings is 1. The van der Waals surface area contributed by atoms with E-state index in [0.717, 1.165) is 35.9 Å². The summed E-state index contributed by atoms with van der Waals surface area (Å²) in [5.74, 6) is 0.786. The van der Waals surface area contributed by atoms with Crippen LogP contribution in [0.1, 0.15) is 46.4 Å². The molecular formula is C26H29N7O4. The number of aromatic amines is 1. The lowest BCUT2D eigenvalue weighted by Gasteiger charge is -2.38. The number of carbonyl (C=O) groups excluding carboxylic acids is 1. The number of nitrogens with one attached hydrogen (secondary N) is 1. The van der Waals surface area contributed by atoms with E-state index in [0.29, 0.717) is 49.9 Å². The van der Waals surface area contributed by atoms with Crippen LogP contribution < -0.4 is 5.56 Å². The lowest BCUT2D eigenvalue weighted by atomic mass is 10.0. The second kappa shape index (κ2) is 9.91. The first-order valence-corrected chi connectivity index (χ1v) is 12.7. The molecule has 6 rings (SSSR count). The van der Waals surface area contributed by atoms with Crippen molar-refractivity contribution in [2.24, 2.45) is 0 Å². The van der Waals surface area contributed by atoms with E-state index in [2.05, 4.69) is 25.4 Å². The average molecular weight is 504 g/mol. The summed E-state index contributed by atoms with van der Waals surface area (Å²) in [6, 6.07) is 10.8. The van der Waals surface area contributed by atoms with Crippen LogP contribution >= 0.6 is 0 Å².